The minimum atomic E-state index is 0. The van der Waals surface area contributed by atoms with Crippen LogP contribution in [0.3, 0.4) is 0 Å². The molecule has 1 aromatic carbocycles. The first kappa shape index (κ1) is 21.8. The van der Waals surface area contributed by atoms with Crippen molar-refractivity contribution >= 4 is 41.5 Å². The van der Waals surface area contributed by atoms with Crippen molar-refractivity contribution in [1.29, 1.82) is 0 Å². The van der Waals surface area contributed by atoms with Crippen LogP contribution >= 0.6 is 35.6 Å². The van der Waals surface area contributed by atoms with Gasteiger partial charge in [-0.2, -0.15) is 0 Å². The topological polar surface area (TPSA) is 44.9 Å². The van der Waals surface area contributed by atoms with Gasteiger partial charge in [0.2, 0.25) is 0 Å². The number of likely N-dealkylation sites (tertiary alicyclic amines) is 2. The number of nitrogens with zero attached hydrogens (tertiary/aromatic N) is 3. The second-order valence-corrected chi connectivity index (χ2v) is 8.11. The minimum absolute atomic E-state index is 0. The maximum absolute atomic E-state index is 6.28. The molecule has 26 heavy (non-hydrogen) atoms. The maximum Gasteiger partial charge on any atom is 0.191 e. The molecule has 2 aliphatic heterocycles. The number of guanidine groups is 1. The first-order valence-corrected chi connectivity index (χ1v) is 10.00. The van der Waals surface area contributed by atoms with Crippen molar-refractivity contribution in [2.45, 2.75) is 39.2 Å². The predicted molar refractivity (Wildman–Crippen MR) is 121 cm³/mol. The van der Waals surface area contributed by atoms with Crippen molar-refractivity contribution in [2.24, 2.45) is 22.6 Å². The molecule has 4 nitrogen and oxygen atoms in total. The number of nitrogens with two attached hydrogens (primary N) is 1. The van der Waals surface area contributed by atoms with Gasteiger partial charge in [0, 0.05) is 31.2 Å². The summed E-state index contributed by atoms with van der Waals surface area (Å²) in [6, 6.07) is 8.15. The van der Waals surface area contributed by atoms with E-state index in [9.17, 15) is 0 Å². The van der Waals surface area contributed by atoms with Crippen molar-refractivity contribution < 1.29 is 0 Å². The molecule has 1 unspecified atom stereocenters. The van der Waals surface area contributed by atoms with Gasteiger partial charge in [-0.05, 0) is 62.2 Å². The summed E-state index contributed by atoms with van der Waals surface area (Å²) in [7, 11) is 0. The molecule has 3 rings (SSSR count). The molecule has 1 atom stereocenters. The van der Waals surface area contributed by atoms with Gasteiger partial charge in [-0.3, -0.25) is 9.89 Å². The smallest absolute Gasteiger partial charge is 0.191 e. The van der Waals surface area contributed by atoms with E-state index in [0.717, 1.165) is 56.2 Å². The van der Waals surface area contributed by atoms with E-state index in [2.05, 4.69) is 28.9 Å². The molecule has 2 aliphatic rings. The molecule has 2 N–H and O–H groups in total. The minimum Gasteiger partial charge on any atom is -0.370 e. The standard InChI is InChI=1S/C20H31ClN4.HI/c1-16-5-4-10-25(14-16)20(22)23-13-17-8-11-24(12-9-17)15-18-6-2-3-7-19(18)21;/h2-3,6-7,16-17H,4-5,8-15H2,1H3,(H2,22,23);1H. The van der Waals surface area contributed by atoms with E-state index in [1.165, 1.54) is 31.2 Å². The lowest BCUT2D eigenvalue weighted by atomic mass is 9.96. The lowest BCUT2D eigenvalue weighted by molar-refractivity contribution is 0.180. The van der Waals surface area contributed by atoms with Crippen molar-refractivity contribution in [2.75, 3.05) is 32.7 Å². The van der Waals surface area contributed by atoms with E-state index in [-0.39, 0.29) is 24.0 Å². The number of piperidine rings is 2. The van der Waals surface area contributed by atoms with Gasteiger partial charge >= 0.3 is 0 Å². The molecule has 146 valence electrons. The Balaban J connectivity index is 0.00000243. The zero-order valence-corrected chi connectivity index (χ0v) is 18.8. The second-order valence-electron chi connectivity index (χ2n) is 7.70. The third-order valence-corrected chi connectivity index (χ3v) is 5.92. The number of benzene rings is 1. The molecule has 0 amide bonds. The lowest BCUT2D eigenvalue weighted by Crippen LogP contribution is -2.44. The number of halogens is 2. The molecule has 0 radical (unpaired) electrons. The average Bonchev–Trinajstić information content (AvgIpc) is 2.63. The zero-order valence-electron chi connectivity index (χ0n) is 15.7. The van der Waals surface area contributed by atoms with Crippen molar-refractivity contribution in [3.63, 3.8) is 0 Å². The number of hydrogen-bond acceptors (Lipinski definition) is 2. The molecule has 0 aliphatic carbocycles. The quantitative estimate of drug-likeness (QED) is 0.390. The normalized spacial score (nSPS) is 22.9. The highest BCUT2D eigenvalue weighted by Gasteiger charge is 2.21. The summed E-state index contributed by atoms with van der Waals surface area (Å²) in [4.78, 5) is 9.47. The summed E-state index contributed by atoms with van der Waals surface area (Å²) in [6.45, 7) is 8.48. The van der Waals surface area contributed by atoms with E-state index in [0.29, 0.717) is 5.92 Å². The van der Waals surface area contributed by atoms with Crippen molar-refractivity contribution in [1.82, 2.24) is 9.80 Å². The second kappa shape index (κ2) is 10.7. The Morgan fingerprint density at radius 3 is 2.62 bits per heavy atom. The van der Waals surface area contributed by atoms with Gasteiger partial charge in [-0.1, -0.05) is 36.7 Å². The molecule has 1 aromatic rings. The van der Waals surface area contributed by atoms with Crippen LogP contribution < -0.4 is 5.73 Å². The van der Waals surface area contributed by atoms with Crippen LogP contribution in [0.1, 0.15) is 38.2 Å². The predicted octanol–water partition coefficient (Wildman–Crippen LogP) is 4.22. The molecule has 2 saturated heterocycles. The average molecular weight is 491 g/mol. The maximum atomic E-state index is 6.28. The van der Waals surface area contributed by atoms with Gasteiger partial charge in [0.05, 0.1) is 0 Å². The third kappa shape index (κ3) is 6.27. The van der Waals surface area contributed by atoms with Crippen LogP contribution in [0, 0.1) is 11.8 Å². The van der Waals surface area contributed by atoms with Gasteiger partial charge in [0.1, 0.15) is 0 Å². The Bertz CT molecular complexity index is 587. The van der Waals surface area contributed by atoms with E-state index in [1.54, 1.807) is 0 Å². The Morgan fingerprint density at radius 2 is 1.92 bits per heavy atom. The van der Waals surface area contributed by atoms with Crippen molar-refractivity contribution in [3.8, 4) is 0 Å². The summed E-state index contributed by atoms with van der Waals surface area (Å²) >= 11 is 6.28. The highest BCUT2D eigenvalue weighted by atomic mass is 127. The Hall–Kier alpha value is -0.530. The molecule has 0 saturated carbocycles. The van der Waals surface area contributed by atoms with Crippen LogP contribution in [0.25, 0.3) is 0 Å². The molecule has 0 spiro atoms. The van der Waals surface area contributed by atoms with Gasteiger partial charge < -0.3 is 10.6 Å². The van der Waals surface area contributed by atoms with Crippen LogP contribution in [0.15, 0.2) is 29.3 Å². The molecule has 0 bridgehead atoms. The summed E-state index contributed by atoms with van der Waals surface area (Å²) < 4.78 is 0. The van der Waals surface area contributed by atoms with Crippen molar-refractivity contribution in [3.05, 3.63) is 34.9 Å². The lowest BCUT2D eigenvalue weighted by Gasteiger charge is -2.33. The van der Waals surface area contributed by atoms with Crippen LogP contribution in [-0.2, 0) is 6.54 Å². The zero-order chi connectivity index (χ0) is 17.6. The molecule has 2 heterocycles. The summed E-state index contributed by atoms with van der Waals surface area (Å²) in [5.74, 6) is 2.14. The van der Waals surface area contributed by atoms with Gasteiger partial charge in [-0.15, -0.1) is 24.0 Å². The van der Waals surface area contributed by atoms with E-state index in [4.69, 9.17) is 22.3 Å². The Labute approximate surface area is 180 Å². The van der Waals surface area contributed by atoms with Crippen LogP contribution in [0.2, 0.25) is 5.02 Å². The largest absolute Gasteiger partial charge is 0.370 e. The van der Waals surface area contributed by atoms with Gasteiger partial charge in [0.25, 0.3) is 0 Å². The van der Waals surface area contributed by atoms with Gasteiger partial charge in [-0.25, -0.2) is 0 Å². The number of hydrogen-bond donors (Lipinski definition) is 1. The summed E-state index contributed by atoms with van der Waals surface area (Å²) in [5, 5.41) is 0.873. The van der Waals surface area contributed by atoms with E-state index >= 15 is 0 Å². The van der Waals surface area contributed by atoms with E-state index in [1.807, 2.05) is 12.1 Å². The van der Waals surface area contributed by atoms with Gasteiger partial charge in [0.15, 0.2) is 5.96 Å². The summed E-state index contributed by atoms with van der Waals surface area (Å²) in [6.07, 6.45) is 4.93. The Kier molecular flexibility index (Phi) is 8.97. The Morgan fingerprint density at radius 1 is 1.19 bits per heavy atom. The van der Waals surface area contributed by atoms with E-state index < -0.39 is 0 Å². The number of rotatable bonds is 4. The van der Waals surface area contributed by atoms with Crippen LogP contribution in [-0.4, -0.2) is 48.5 Å². The molecule has 6 heteroatoms. The number of aliphatic imine (C=N–C) groups is 1. The van der Waals surface area contributed by atoms with Crippen LogP contribution in [0.5, 0.6) is 0 Å². The molecule has 0 aromatic heterocycles. The SMILES string of the molecule is CC1CCCN(C(N)=NCC2CCN(Cc3ccccc3Cl)CC2)C1.I. The molecular weight excluding hydrogens is 459 g/mol. The fourth-order valence-electron chi connectivity index (χ4n) is 3.91. The fourth-order valence-corrected chi connectivity index (χ4v) is 4.11. The molecular formula is C20H32ClIN4. The fraction of sp³-hybridized carbons (Fsp3) is 0.650. The van der Waals surface area contributed by atoms with Crippen LogP contribution in [0.4, 0.5) is 0 Å². The summed E-state index contributed by atoms with van der Waals surface area (Å²) in [5.41, 5.74) is 7.45. The monoisotopic (exact) mass is 490 g/mol. The first-order valence-electron chi connectivity index (χ1n) is 9.62. The third-order valence-electron chi connectivity index (χ3n) is 5.55. The highest BCUT2D eigenvalue weighted by Crippen LogP contribution is 2.22. The highest BCUT2D eigenvalue weighted by molar-refractivity contribution is 14.0. The first-order chi connectivity index (χ1) is 12.1. The molecule has 2 fully saturated rings.